The molecule has 0 aliphatic carbocycles. The number of allylic oxidation sites excluding steroid dienone is 1. The van der Waals surface area contributed by atoms with E-state index in [-0.39, 0.29) is 12.6 Å². The van der Waals surface area contributed by atoms with Crippen LogP contribution in [0.25, 0.3) is 6.08 Å². The molecule has 0 unspecified atom stereocenters. The van der Waals surface area contributed by atoms with E-state index < -0.39 is 0 Å². The summed E-state index contributed by atoms with van der Waals surface area (Å²) in [5, 5.41) is 0. The highest BCUT2D eigenvalue weighted by molar-refractivity contribution is 9.10. The van der Waals surface area contributed by atoms with Gasteiger partial charge in [-0.25, -0.2) is 0 Å². The molecule has 1 heterocycles. The third-order valence-electron chi connectivity index (χ3n) is 4.61. The Morgan fingerprint density at radius 3 is 2.70 bits per heavy atom. The predicted molar refractivity (Wildman–Crippen MR) is 117 cm³/mol. The van der Waals surface area contributed by atoms with Gasteiger partial charge in [-0.1, -0.05) is 24.3 Å². The molecule has 4 rings (SSSR count). The molecule has 0 atom stereocenters. The van der Waals surface area contributed by atoms with E-state index in [1.165, 1.54) is 6.08 Å². The normalized spacial score (nSPS) is 12.2. The summed E-state index contributed by atoms with van der Waals surface area (Å²) in [6.07, 6.45) is 3.31. The highest BCUT2D eigenvalue weighted by Crippen LogP contribution is 2.33. The SMILES string of the molecule is COc1ccc(/C=C/C(=O)c2ccc3c(c2)OCO3)cc1COc1ccccc1Br. The molecular weight excluding hydrogens is 448 g/mol. The van der Waals surface area contributed by atoms with Crippen molar-refractivity contribution in [2.45, 2.75) is 6.61 Å². The molecule has 1 aliphatic heterocycles. The van der Waals surface area contributed by atoms with Crippen LogP contribution >= 0.6 is 15.9 Å². The maximum Gasteiger partial charge on any atom is 0.231 e. The molecule has 152 valence electrons. The zero-order chi connectivity index (χ0) is 20.9. The zero-order valence-electron chi connectivity index (χ0n) is 16.3. The van der Waals surface area contributed by atoms with Gasteiger partial charge in [-0.3, -0.25) is 4.79 Å². The second-order valence-corrected chi connectivity index (χ2v) is 7.41. The third-order valence-corrected chi connectivity index (χ3v) is 5.26. The Balaban J connectivity index is 1.49. The second kappa shape index (κ2) is 9.05. The van der Waals surface area contributed by atoms with Crippen molar-refractivity contribution in [3.8, 4) is 23.0 Å². The van der Waals surface area contributed by atoms with Gasteiger partial charge in [0.15, 0.2) is 17.3 Å². The van der Waals surface area contributed by atoms with E-state index in [2.05, 4.69) is 15.9 Å². The van der Waals surface area contributed by atoms with E-state index in [4.69, 9.17) is 18.9 Å². The number of hydrogen-bond acceptors (Lipinski definition) is 5. The lowest BCUT2D eigenvalue weighted by molar-refractivity contribution is 0.104. The highest BCUT2D eigenvalue weighted by atomic mass is 79.9. The fourth-order valence-electron chi connectivity index (χ4n) is 3.05. The standard InChI is InChI=1S/C24H19BrO5/c1-27-21-10-7-16(12-18(21)14-28-22-5-3-2-4-19(22)25)6-9-20(26)17-8-11-23-24(13-17)30-15-29-23/h2-13H,14-15H2,1H3/b9-6+. The van der Waals surface area contributed by atoms with Crippen molar-refractivity contribution in [2.75, 3.05) is 13.9 Å². The Morgan fingerprint density at radius 2 is 1.87 bits per heavy atom. The Morgan fingerprint density at radius 1 is 1.03 bits per heavy atom. The molecular formula is C24H19BrO5. The Bertz CT molecular complexity index is 1110. The van der Waals surface area contributed by atoms with Crippen LogP contribution < -0.4 is 18.9 Å². The predicted octanol–water partition coefficient (Wildman–Crippen LogP) is 5.66. The molecule has 3 aromatic rings. The van der Waals surface area contributed by atoms with Crippen LogP contribution in [0.2, 0.25) is 0 Å². The second-order valence-electron chi connectivity index (χ2n) is 6.56. The first-order chi connectivity index (χ1) is 14.6. The minimum absolute atomic E-state index is 0.116. The number of halogens is 1. The molecule has 3 aromatic carbocycles. The van der Waals surface area contributed by atoms with Gasteiger partial charge < -0.3 is 18.9 Å². The maximum atomic E-state index is 12.5. The fourth-order valence-corrected chi connectivity index (χ4v) is 3.45. The van der Waals surface area contributed by atoms with E-state index in [0.717, 1.165) is 27.1 Å². The van der Waals surface area contributed by atoms with Crippen LogP contribution in [-0.2, 0) is 6.61 Å². The first kappa shape index (κ1) is 20.0. The summed E-state index contributed by atoms with van der Waals surface area (Å²) >= 11 is 3.48. The lowest BCUT2D eigenvalue weighted by atomic mass is 10.1. The molecule has 0 fully saturated rings. The number of ketones is 1. The van der Waals surface area contributed by atoms with Crippen molar-refractivity contribution >= 4 is 27.8 Å². The van der Waals surface area contributed by atoms with E-state index >= 15 is 0 Å². The van der Waals surface area contributed by atoms with Crippen molar-refractivity contribution in [1.29, 1.82) is 0 Å². The molecule has 0 amide bonds. The van der Waals surface area contributed by atoms with E-state index in [9.17, 15) is 4.79 Å². The minimum atomic E-state index is -0.116. The Kier molecular flexibility index (Phi) is 6.05. The number of methoxy groups -OCH3 is 1. The molecule has 1 aliphatic rings. The molecule has 6 heteroatoms. The molecule has 0 saturated carbocycles. The number of ether oxygens (including phenoxy) is 4. The largest absolute Gasteiger partial charge is 0.496 e. The van der Waals surface area contributed by atoms with Crippen LogP contribution in [0.3, 0.4) is 0 Å². The van der Waals surface area contributed by atoms with E-state index in [0.29, 0.717) is 23.7 Å². The summed E-state index contributed by atoms with van der Waals surface area (Å²) in [5.74, 6) is 2.60. The van der Waals surface area contributed by atoms with Crippen molar-refractivity contribution in [1.82, 2.24) is 0 Å². The summed E-state index contributed by atoms with van der Waals surface area (Å²) in [4.78, 5) is 12.5. The number of hydrogen-bond donors (Lipinski definition) is 0. The van der Waals surface area contributed by atoms with E-state index in [1.807, 2.05) is 42.5 Å². The van der Waals surface area contributed by atoms with Gasteiger partial charge in [-0.2, -0.15) is 0 Å². The van der Waals surface area contributed by atoms with Crippen LogP contribution in [0.1, 0.15) is 21.5 Å². The lowest BCUT2D eigenvalue weighted by Crippen LogP contribution is -2.00. The zero-order valence-corrected chi connectivity index (χ0v) is 17.8. The monoisotopic (exact) mass is 466 g/mol. The maximum absolute atomic E-state index is 12.5. The lowest BCUT2D eigenvalue weighted by Gasteiger charge is -2.12. The minimum Gasteiger partial charge on any atom is -0.496 e. The molecule has 0 spiro atoms. The molecule has 5 nitrogen and oxygen atoms in total. The van der Waals surface area contributed by atoms with Crippen LogP contribution in [0, 0.1) is 0 Å². The van der Waals surface area contributed by atoms with Crippen LogP contribution in [0.4, 0.5) is 0 Å². The number of benzene rings is 3. The van der Waals surface area contributed by atoms with Crippen molar-refractivity contribution in [2.24, 2.45) is 0 Å². The molecule has 30 heavy (non-hydrogen) atoms. The summed E-state index contributed by atoms with van der Waals surface area (Å²) in [5.41, 5.74) is 2.29. The Hall–Kier alpha value is -3.25. The van der Waals surface area contributed by atoms with Crippen LogP contribution in [0.5, 0.6) is 23.0 Å². The van der Waals surface area contributed by atoms with Gasteiger partial charge >= 0.3 is 0 Å². The van der Waals surface area contributed by atoms with E-state index in [1.54, 1.807) is 31.4 Å². The highest BCUT2D eigenvalue weighted by Gasteiger charge is 2.15. The third kappa shape index (κ3) is 4.49. The topological polar surface area (TPSA) is 54.0 Å². The first-order valence-corrected chi connectivity index (χ1v) is 10.1. The summed E-state index contributed by atoms with van der Waals surface area (Å²) in [6, 6.07) is 18.5. The molecule has 0 N–H and O–H groups in total. The summed E-state index contributed by atoms with van der Waals surface area (Å²) in [6.45, 7) is 0.517. The summed E-state index contributed by atoms with van der Waals surface area (Å²) < 4.78 is 22.9. The van der Waals surface area contributed by atoms with Gasteiger partial charge in [-0.05, 0) is 70.0 Å². The molecule has 0 bridgehead atoms. The molecule has 0 radical (unpaired) electrons. The number of para-hydroxylation sites is 1. The number of carbonyl (C=O) groups is 1. The number of rotatable bonds is 7. The average Bonchev–Trinajstić information content (AvgIpc) is 3.25. The van der Waals surface area contributed by atoms with Gasteiger partial charge in [-0.15, -0.1) is 0 Å². The van der Waals surface area contributed by atoms with Crippen molar-refractivity contribution < 1.29 is 23.7 Å². The summed E-state index contributed by atoms with van der Waals surface area (Å²) in [7, 11) is 1.62. The van der Waals surface area contributed by atoms with Gasteiger partial charge in [0.25, 0.3) is 0 Å². The van der Waals surface area contributed by atoms with Crippen LogP contribution in [0.15, 0.2) is 71.2 Å². The van der Waals surface area contributed by atoms with Crippen LogP contribution in [-0.4, -0.2) is 19.7 Å². The van der Waals surface area contributed by atoms with Gasteiger partial charge in [0.1, 0.15) is 18.1 Å². The van der Waals surface area contributed by atoms with Gasteiger partial charge in [0.2, 0.25) is 6.79 Å². The number of fused-ring (bicyclic) bond motifs is 1. The average molecular weight is 467 g/mol. The molecule has 0 saturated heterocycles. The smallest absolute Gasteiger partial charge is 0.231 e. The Labute approximate surface area is 183 Å². The number of carbonyl (C=O) groups excluding carboxylic acids is 1. The fraction of sp³-hybridized carbons (Fsp3) is 0.125. The van der Waals surface area contributed by atoms with Crippen molar-refractivity contribution in [3.05, 3.63) is 87.9 Å². The van der Waals surface area contributed by atoms with Gasteiger partial charge in [0, 0.05) is 11.1 Å². The quantitative estimate of drug-likeness (QED) is 0.332. The van der Waals surface area contributed by atoms with Gasteiger partial charge in [0.05, 0.1) is 11.6 Å². The molecule has 0 aromatic heterocycles. The first-order valence-electron chi connectivity index (χ1n) is 9.30. The van der Waals surface area contributed by atoms with Crippen molar-refractivity contribution in [3.63, 3.8) is 0 Å².